The van der Waals surface area contributed by atoms with Gasteiger partial charge in [0.15, 0.2) is 17.8 Å². The fraction of sp³-hybridized carbons (Fsp3) is 0.256. The first-order chi connectivity index (χ1) is 24.1. The Hall–Kier alpha value is -5.04. The van der Waals surface area contributed by atoms with Gasteiger partial charge in [-0.05, 0) is 83.7 Å². The Bertz CT molecular complexity index is 1650. The van der Waals surface area contributed by atoms with E-state index in [0.717, 1.165) is 53.5 Å². The van der Waals surface area contributed by atoms with E-state index in [9.17, 15) is 5.11 Å². The van der Waals surface area contributed by atoms with Crippen LogP contribution in [0.3, 0.4) is 0 Å². The maximum atomic E-state index is 10.7. The first-order valence-electron chi connectivity index (χ1n) is 16.8. The summed E-state index contributed by atoms with van der Waals surface area (Å²) in [6.45, 7) is 1.13. The third kappa shape index (κ3) is 11.3. The van der Waals surface area contributed by atoms with Gasteiger partial charge in [-0.3, -0.25) is 0 Å². The quantitative estimate of drug-likeness (QED) is 0.0704. The lowest BCUT2D eigenvalue weighted by Gasteiger charge is -2.18. The maximum absolute atomic E-state index is 10.7. The molecular formula is C43H46O6. The highest BCUT2D eigenvalue weighted by molar-refractivity contribution is 5.62. The summed E-state index contributed by atoms with van der Waals surface area (Å²) < 4.78 is 29.9. The number of methoxy groups -OCH3 is 2. The Balaban J connectivity index is 1.37. The molecule has 6 heteroatoms. The van der Waals surface area contributed by atoms with Crippen LogP contribution in [-0.4, -0.2) is 25.6 Å². The summed E-state index contributed by atoms with van der Waals surface area (Å²) >= 11 is 0. The smallest absolute Gasteiger partial charge is 0.203 e. The number of rotatable bonds is 19. The first-order valence-corrected chi connectivity index (χ1v) is 16.8. The third-order valence-electron chi connectivity index (χ3n) is 8.22. The lowest BCUT2D eigenvalue weighted by Crippen LogP contribution is -2.12. The third-order valence-corrected chi connectivity index (χ3v) is 8.22. The molecule has 0 aliphatic carbocycles. The van der Waals surface area contributed by atoms with E-state index in [1.165, 1.54) is 5.56 Å². The molecule has 0 unspecified atom stereocenters. The van der Waals surface area contributed by atoms with Crippen molar-refractivity contribution in [2.75, 3.05) is 14.2 Å². The van der Waals surface area contributed by atoms with E-state index in [1.807, 2.05) is 115 Å². The zero-order valence-corrected chi connectivity index (χ0v) is 28.4. The van der Waals surface area contributed by atoms with Gasteiger partial charge in [0.2, 0.25) is 5.75 Å². The first kappa shape index (κ1) is 35.3. The van der Waals surface area contributed by atoms with Crippen molar-refractivity contribution in [2.24, 2.45) is 0 Å². The topological polar surface area (TPSA) is 66.4 Å². The molecule has 5 rings (SSSR count). The van der Waals surface area contributed by atoms with E-state index in [1.54, 1.807) is 20.3 Å². The Morgan fingerprint density at radius 1 is 0.592 bits per heavy atom. The highest BCUT2D eigenvalue weighted by Gasteiger charge is 2.17. The van der Waals surface area contributed by atoms with Gasteiger partial charge >= 0.3 is 0 Å². The standard InChI is InChI=1S/C43H46O6/c1-45-42(46-2)24-13-12-15-33-25-26-39(44)38(27-33)23-14-22-37-28-40(47-30-34-16-6-3-7-17-34)43(49-32-36-20-10-5-11-21-36)41(29-37)48-31-35-18-8-4-9-19-35/h3-11,14,16-22,25-29,42,44H,12-13,15,23-24,30-32H2,1-2H3. The predicted octanol–water partition coefficient (Wildman–Crippen LogP) is 9.72. The Labute approximate surface area is 290 Å². The van der Waals surface area contributed by atoms with Gasteiger partial charge in [-0.15, -0.1) is 0 Å². The van der Waals surface area contributed by atoms with E-state index in [-0.39, 0.29) is 12.0 Å². The maximum Gasteiger partial charge on any atom is 0.203 e. The number of phenols is 1. The van der Waals surface area contributed by atoms with E-state index in [0.29, 0.717) is 43.5 Å². The Morgan fingerprint density at radius 2 is 1.12 bits per heavy atom. The minimum atomic E-state index is -0.168. The summed E-state index contributed by atoms with van der Waals surface area (Å²) in [6.07, 6.45) is 8.28. The van der Waals surface area contributed by atoms with Gasteiger partial charge in [-0.1, -0.05) is 115 Å². The lowest BCUT2D eigenvalue weighted by molar-refractivity contribution is -0.107. The monoisotopic (exact) mass is 658 g/mol. The number of ether oxygens (including phenoxy) is 5. The second kappa shape index (κ2) is 19.1. The van der Waals surface area contributed by atoms with Gasteiger partial charge in [0.1, 0.15) is 25.6 Å². The molecule has 0 bridgehead atoms. The highest BCUT2D eigenvalue weighted by atomic mass is 16.7. The van der Waals surface area contributed by atoms with Crippen LogP contribution in [0.1, 0.15) is 52.6 Å². The number of hydrogen-bond acceptors (Lipinski definition) is 6. The summed E-state index contributed by atoms with van der Waals surface area (Å²) in [7, 11) is 3.33. The SMILES string of the molecule is COC(CCCCc1ccc(O)c(CC=Cc2cc(OCc3ccccc3)c(OCc3ccccc3)c(OCc3ccccc3)c2)c1)OC. The van der Waals surface area contributed by atoms with Crippen molar-refractivity contribution in [2.45, 2.75) is 58.2 Å². The second-order valence-electron chi connectivity index (χ2n) is 11.9. The predicted molar refractivity (Wildman–Crippen MR) is 195 cm³/mol. The van der Waals surface area contributed by atoms with Gasteiger partial charge in [-0.2, -0.15) is 0 Å². The number of unbranched alkanes of at least 4 members (excludes halogenated alkanes) is 1. The molecule has 5 aromatic rings. The van der Waals surface area contributed by atoms with E-state index in [2.05, 4.69) is 12.1 Å². The average Bonchev–Trinajstić information content (AvgIpc) is 3.15. The van der Waals surface area contributed by atoms with Gasteiger partial charge in [0, 0.05) is 14.2 Å². The molecule has 0 amide bonds. The minimum absolute atomic E-state index is 0.168. The van der Waals surface area contributed by atoms with Gasteiger partial charge in [0.05, 0.1) is 0 Å². The van der Waals surface area contributed by atoms with Crippen molar-refractivity contribution in [1.82, 2.24) is 0 Å². The van der Waals surface area contributed by atoms with Crippen LogP contribution in [0.25, 0.3) is 6.08 Å². The average molecular weight is 659 g/mol. The minimum Gasteiger partial charge on any atom is -0.508 e. The number of allylic oxidation sites excluding steroid dienone is 1. The number of benzene rings is 5. The van der Waals surface area contributed by atoms with Crippen LogP contribution < -0.4 is 14.2 Å². The number of hydrogen-bond donors (Lipinski definition) is 1. The molecule has 0 aromatic heterocycles. The molecule has 0 saturated heterocycles. The zero-order chi connectivity index (χ0) is 34.1. The van der Waals surface area contributed by atoms with Crippen molar-refractivity contribution in [3.05, 3.63) is 161 Å². The number of phenolic OH excluding ortho intramolecular Hbond substituents is 1. The van der Waals surface area contributed by atoms with Crippen LogP contribution in [0.15, 0.2) is 127 Å². The lowest BCUT2D eigenvalue weighted by atomic mass is 10.0. The molecule has 49 heavy (non-hydrogen) atoms. The second-order valence-corrected chi connectivity index (χ2v) is 11.9. The molecule has 1 N–H and O–H groups in total. The molecule has 0 aliphatic heterocycles. The van der Waals surface area contributed by atoms with Crippen molar-refractivity contribution in [3.63, 3.8) is 0 Å². The zero-order valence-electron chi connectivity index (χ0n) is 28.4. The van der Waals surface area contributed by atoms with Gasteiger partial charge < -0.3 is 28.8 Å². The van der Waals surface area contributed by atoms with Gasteiger partial charge in [0.25, 0.3) is 0 Å². The van der Waals surface area contributed by atoms with Crippen molar-refractivity contribution < 1.29 is 28.8 Å². The number of aromatic hydroxyl groups is 1. The largest absolute Gasteiger partial charge is 0.508 e. The van der Waals surface area contributed by atoms with Crippen molar-refractivity contribution in [3.8, 4) is 23.0 Å². The molecular weight excluding hydrogens is 612 g/mol. The normalized spacial score (nSPS) is 11.2. The van der Waals surface area contributed by atoms with Crippen LogP contribution in [0.4, 0.5) is 0 Å². The van der Waals surface area contributed by atoms with Crippen molar-refractivity contribution >= 4 is 6.08 Å². The summed E-state index contributed by atoms with van der Waals surface area (Å²) in [4.78, 5) is 0. The Kier molecular flexibility index (Phi) is 13.7. The van der Waals surface area contributed by atoms with Crippen LogP contribution in [0.2, 0.25) is 0 Å². The Morgan fingerprint density at radius 3 is 1.65 bits per heavy atom. The molecule has 0 heterocycles. The molecule has 0 fully saturated rings. The molecule has 254 valence electrons. The molecule has 0 aliphatic rings. The number of aryl methyl sites for hydroxylation is 1. The summed E-state index contributed by atoms with van der Waals surface area (Å²) in [5, 5.41) is 10.7. The highest BCUT2D eigenvalue weighted by Crippen LogP contribution is 2.41. The van der Waals surface area contributed by atoms with Crippen LogP contribution in [0.5, 0.6) is 23.0 Å². The van der Waals surface area contributed by atoms with Gasteiger partial charge in [-0.25, -0.2) is 0 Å². The van der Waals surface area contributed by atoms with Crippen LogP contribution in [-0.2, 0) is 42.1 Å². The van der Waals surface area contributed by atoms with E-state index < -0.39 is 0 Å². The molecule has 0 spiro atoms. The van der Waals surface area contributed by atoms with E-state index in [4.69, 9.17) is 23.7 Å². The summed E-state index contributed by atoms with van der Waals surface area (Å²) in [5.41, 5.74) is 6.13. The van der Waals surface area contributed by atoms with E-state index >= 15 is 0 Å². The van der Waals surface area contributed by atoms with Crippen LogP contribution in [0, 0.1) is 0 Å². The fourth-order valence-electron chi connectivity index (χ4n) is 5.50. The molecule has 5 aromatic carbocycles. The molecule has 0 atom stereocenters. The van der Waals surface area contributed by atoms with Crippen LogP contribution >= 0.6 is 0 Å². The summed E-state index contributed by atoms with van der Waals surface area (Å²) in [6, 6.07) is 40.1. The summed E-state index contributed by atoms with van der Waals surface area (Å²) in [5.74, 6) is 2.04. The van der Waals surface area contributed by atoms with Crippen molar-refractivity contribution in [1.29, 1.82) is 0 Å². The fourth-order valence-corrected chi connectivity index (χ4v) is 5.50. The molecule has 0 radical (unpaired) electrons. The molecule has 0 saturated carbocycles. The molecule has 6 nitrogen and oxygen atoms in total.